The summed E-state index contributed by atoms with van der Waals surface area (Å²) in [6, 6.07) is 0. The fourth-order valence-corrected chi connectivity index (χ4v) is 7.33. The summed E-state index contributed by atoms with van der Waals surface area (Å²) < 4.78 is 0. The Morgan fingerprint density at radius 3 is 2.43 bits per heavy atom. The third-order valence-corrected chi connectivity index (χ3v) is 8.74. The number of carbonyl (C=O) groups is 3. The average molecular weight is 421 g/mol. The molecule has 0 bridgehead atoms. The quantitative estimate of drug-likeness (QED) is 0.647. The largest absolute Gasteiger partial charge is 0.481 e. The molecule has 0 heterocycles. The minimum Gasteiger partial charge on any atom is -0.481 e. The Kier molecular flexibility index (Phi) is 6.59. The number of aliphatic carboxylic acids is 1. The number of Topliss-reactive ketones (excluding diaryl/α,β-unsaturated/α-hetero) is 1. The van der Waals surface area contributed by atoms with E-state index in [-0.39, 0.29) is 47.3 Å². The van der Waals surface area contributed by atoms with Gasteiger partial charge in [-0.25, -0.2) is 0 Å². The maximum Gasteiger partial charge on any atom is 0.303 e. The van der Waals surface area contributed by atoms with Crippen molar-refractivity contribution in [1.82, 2.24) is 0 Å². The molecule has 7 atom stereocenters. The summed E-state index contributed by atoms with van der Waals surface area (Å²) in [5, 5.41) is 28.3. The Balaban J connectivity index is 0.000000461. The highest BCUT2D eigenvalue weighted by molar-refractivity contribution is 5.91. The van der Waals surface area contributed by atoms with E-state index < -0.39 is 12.1 Å². The molecule has 3 N–H and O–H groups in total. The first-order valence-electron chi connectivity index (χ1n) is 11.4. The molecule has 0 amide bonds. The predicted octanol–water partition coefficient (Wildman–Crippen LogP) is 3.15. The number of allylic oxidation sites excluding steroid dienone is 1. The van der Waals surface area contributed by atoms with Crippen LogP contribution in [0, 0.1) is 34.5 Å². The minimum atomic E-state index is -0.745. The monoisotopic (exact) mass is 420 g/mol. The van der Waals surface area contributed by atoms with Gasteiger partial charge >= 0.3 is 5.97 Å². The van der Waals surface area contributed by atoms with E-state index in [0.717, 1.165) is 32.1 Å². The average Bonchev–Trinajstić information content (AvgIpc) is 3.04. The standard InChI is InChI=1S/C21H30O4.C3H6O2/c1-20-8-7-13(23)9-12(20)3-4-14-15-5-6-16(18(25)11-22)21(15,2)10-17(24)19(14)20;1-2-3(4)5/h9,14-17,19,22,24H,3-8,10-11H2,1-2H3;2H2,1H3,(H,4,5). The summed E-state index contributed by atoms with van der Waals surface area (Å²) in [4.78, 5) is 33.5. The summed E-state index contributed by atoms with van der Waals surface area (Å²) in [6.07, 6.45) is 7.54. The molecule has 6 heteroatoms. The molecule has 3 saturated carbocycles. The van der Waals surface area contributed by atoms with Crippen LogP contribution in [0.3, 0.4) is 0 Å². The third kappa shape index (κ3) is 3.77. The van der Waals surface area contributed by atoms with Crippen LogP contribution in [-0.4, -0.2) is 45.6 Å². The van der Waals surface area contributed by atoms with Gasteiger partial charge in [0.1, 0.15) is 6.61 Å². The fourth-order valence-electron chi connectivity index (χ4n) is 7.33. The van der Waals surface area contributed by atoms with E-state index in [4.69, 9.17) is 5.11 Å². The van der Waals surface area contributed by atoms with E-state index in [9.17, 15) is 24.6 Å². The van der Waals surface area contributed by atoms with Gasteiger partial charge in [-0.1, -0.05) is 26.3 Å². The molecule has 7 unspecified atom stereocenters. The van der Waals surface area contributed by atoms with E-state index in [1.807, 2.05) is 6.08 Å². The molecule has 4 rings (SSSR count). The molecule has 168 valence electrons. The topological polar surface area (TPSA) is 112 Å². The molecule has 0 spiro atoms. The van der Waals surface area contributed by atoms with Crippen LogP contribution in [0.4, 0.5) is 0 Å². The third-order valence-electron chi connectivity index (χ3n) is 8.74. The van der Waals surface area contributed by atoms with Crippen LogP contribution in [0.1, 0.15) is 72.1 Å². The van der Waals surface area contributed by atoms with Gasteiger partial charge in [-0.15, -0.1) is 0 Å². The van der Waals surface area contributed by atoms with Crippen molar-refractivity contribution < 1.29 is 29.7 Å². The van der Waals surface area contributed by atoms with Gasteiger partial charge in [0.15, 0.2) is 11.6 Å². The molecule has 4 aliphatic rings. The highest BCUT2D eigenvalue weighted by Crippen LogP contribution is 2.66. The SMILES string of the molecule is CC12CCC(=O)C=C1CCC1C2C(O)CC2(C)C(C(=O)CO)CCC12.CCC(=O)O. The van der Waals surface area contributed by atoms with Crippen LogP contribution >= 0.6 is 0 Å². The van der Waals surface area contributed by atoms with Crippen molar-refractivity contribution in [3.8, 4) is 0 Å². The zero-order chi connectivity index (χ0) is 22.3. The summed E-state index contributed by atoms with van der Waals surface area (Å²) in [5.74, 6) is 0.373. The summed E-state index contributed by atoms with van der Waals surface area (Å²) >= 11 is 0. The van der Waals surface area contributed by atoms with Crippen molar-refractivity contribution >= 4 is 17.5 Å². The van der Waals surface area contributed by atoms with Crippen LogP contribution < -0.4 is 0 Å². The Hall–Kier alpha value is -1.53. The van der Waals surface area contributed by atoms with E-state index >= 15 is 0 Å². The Bertz CT molecular complexity index is 742. The van der Waals surface area contributed by atoms with Crippen LogP contribution in [0.25, 0.3) is 0 Å². The number of aliphatic hydroxyl groups excluding tert-OH is 2. The first-order valence-corrected chi connectivity index (χ1v) is 11.4. The smallest absolute Gasteiger partial charge is 0.303 e. The highest BCUT2D eigenvalue weighted by Gasteiger charge is 2.62. The Morgan fingerprint density at radius 2 is 1.83 bits per heavy atom. The van der Waals surface area contributed by atoms with Crippen molar-refractivity contribution in [3.05, 3.63) is 11.6 Å². The van der Waals surface area contributed by atoms with E-state index in [1.54, 1.807) is 6.92 Å². The van der Waals surface area contributed by atoms with Crippen molar-refractivity contribution in [2.45, 2.75) is 78.2 Å². The van der Waals surface area contributed by atoms with Gasteiger partial charge in [-0.3, -0.25) is 14.4 Å². The summed E-state index contributed by atoms with van der Waals surface area (Å²) in [6.45, 7) is 5.63. The molecular weight excluding hydrogens is 384 g/mol. The van der Waals surface area contributed by atoms with Gasteiger partial charge in [0.25, 0.3) is 0 Å². The van der Waals surface area contributed by atoms with Crippen LogP contribution in [0.15, 0.2) is 11.6 Å². The van der Waals surface area contributed by atoms with Crippen LogP contribution in [-0.2, 0) is 14.4 Å². The lowest BCUT2D eigenvalue weighted by atomic mass is 9.46. The number of aliphatic hydroxyl groups is 2. The van der Waals surface area contributed by atoms with Gasteiger partial charge in [-0.05, 0) is 73.2 Å². The zero-order valence-electron chi connectivity index (χ0n) is 18.4. The highest BCUT2D eigenvalue weighted by atomic mass is 16.4. The first-order chi connectivity index (χ1) is 14.1. The molecule has 4 aliphatic carbocycles. The first kappa shape index (κ1) is 23.1. The molecular formula is C24H36O6. The molecule has 0 aromatic heterocycles. The van der Waals surface area contributed by atoms with Crippen LogP contribution in [0.2, 0.25) is 0 Å². The molecule has 0 aromatic rings. The Labute approximate surface area is 178 Å². The molecule has 0 radical (unpaired) electrons. The van der Waals surface area contributed by atoms with Gasteiger partial charge in [0.05, 0.1) is 6.10 Å². The van der Waals surface area contributed by atoms with Gasteiger partial charge < -0.3 is 15.3 Å². The zero-order valence-corrected chi connectivity index (χ0v) is 18.4. The van der Waals surface area contributed by atoms with Gasteiger partial charge in [0, 0.05) is 18.8 Å². The maximum atomic E-state index is 12.3. The number of carboxylic acids is 1. The fraction of sp³-hybridized carbons (Fsp3) is 0.792. The number of ketones is 2. The molecule has 0 saturated heterocycles. The second-order valence-corrected chi connectivity index (χ2v) is 10.2. The maximum absolute atomic E-state index is 12.3. The lowest BCUT2D eigenvalue weighted by molar-refractivity contribution is -0.146. The summed E-state index contributed by atoms with van der Waals surface area (Å²) in [7, 11) is 0. The molecule has 3 fully saturated rings. The van der Waals surface area contributed by atoms with Gasteiger partial charge in [-0.2, -0.15) is 0 Å². The lowest BCUT2D eigenvalue weighted by Gasteiger charge is -2.59. The second-order valence-electron chi connectivity index (χ2n) is 10.2. The van der Waals surface area contributed by atoms with Crippen LogP contribution in [0.5, 0.6) is 0 Å². The minimum absolute atomic E-state index is 0.0541. The van der Waals surface area contributed by atoms with E-state index in [1.165, 1.54) is 5.57 Å². The van der Waals surface area contributed by atoms with E-state index in [2.05, 4.69) is 13.8 Å². The predicted molar refractivity (Wildman–Crippen MR) is 112 cm³/mol. The van der Waals surface area contributed by atoms with Crippen molar-refractivity contribution in [1.29, 1.82) is 0 Å². The van der Waals surface area contributed by atoms with E-state index in [0.29, 0.717) is 24.7 Å². The number of rotatable bonds is 3. The lowest BCUT2D eigenvalue weighted by Crippen LogP contribution is -2.57. The number of fused-ring (bicyclic) bond motifs is 5. The van der Waals surface area contributed by atoms with Crippen molar-refractivity contribution in [3.63, 3.8) is 0 Å². The number of carbonyl (C=O) groups excluding carboxylic acids is 2. The summed E-state index contributed by atoms with van der Waals surface area (Å²) in [5.41, 5.74) is 0.979. The number of hydrogen-bond acceptors (Lipinski definition) is 5. The second kappa shape index (κ2) is 8.54. The normalized spacial score (nSPS) is 42.1. The molecule has 30 heavy (non-hydrogen) atoms. The van der Waals surface area contributed by atoms with Crippen molar-refractivity contribution in [2.24, 2.45) is 34.5 Å². The van der Waals surface area contributed by atoms with Crippen molar-refractivity contribution in [2.75, 3.05) is 6.61 Å². The molecule has 0 aliphatic heterocycles. The Morgan fingerprint density at radius 1 is 1.17 bits per heavy atom. The number of hydrogen-bond donors (Lipinski definition) is 3. The number of carboxylic acid groups (broad SMARTS) is 1. The molecule has 0 aromatic carbocycles. The van der Waals surface area contributed by atoms with Gasteiger partial charge in [0.2, 0.25) is 0 Å². The molecule has 6 nitrogen and oxygen atoms in total.